The molecule has 0 saturated heterocycles. The van der Waals surface area contributed by atoms with Gasteiger partial charge in [0.1, 0.15) is 6.67 Å². The topological polar surface area (TPSA) is 9.23 Å². The molecule has 0 amide bonds. The monoisotopic (exact) mass is 292 g/mol. The molecule has 0 saturated carbocycles. The Morgan fingerprint density at radius 2 is 1.71 bits per heavy atom. The number of rotatable bonds is 5. The van der Waals surface area contributed by atoms with E-state index in [1.54, 1.807) is 37.3 Å². The van der Waals surface area contributed by atoms with Crippen molar-refractivity contribution in [2.75, 3.05) is 13.3 Å². The third-order valence-electron chi connectivity index (χ3n) is 2.97. The van der Waals surface area contributed by atoms with E-state index >= 15 is 0 Å². The van der Waals surface area contributed by atoms with Gasteiger partial charge in [0.05, 0.1) is 6.61 Å². The summed E-state index contributed by atoms with van der Waals surface area (Å²) in [6, 6.07) is 9.65. The summed E-state index contributed by atoms with van der Waals surface area (Å²) in [5.41, 5.74) is 1.51. The maximum Gasteiger partial charge on any atom is 0.201 e. The summed E-state index contributed by atoms with van der Waals surface area (Å²) in [6.07, 6.45) is 3.01. The predicted molar refractivity (Wildman–Crippen MR) is 78.0 cm³/mol. The van der Waals surface area contributed by atoms with Crippen molar-refractivity contribution < 1.29 is 17.9 Å². The summed E-state index contributed by atoms with van der Waals surface area (Å²) in [4.78, 5) is 0. The SMILES string of the molecule is CCOc1ccc(-c2ccc(C=CCF)cc2)c(F)c1F. The smallest absolute Gasteiger partial charge is 0.201 e. The molecule has 2 aromatic carbocycles. The summed E-state index contributed by atoms with van der Waals surface area (Å²) in [7, 11) is 0. The van der Waals surface area contributed by atoms with Crippen LogP contribution in [0.15, 0.2) is 42.5 Å². The van der Waals surface area contributed by atoms with E-state index < -0.39 is 18.3 Å². The average molecular weight is 292 g/mol. The normalized spacial score (nSPS) is 11.0. The summed E-state index contributed by atoms with van der Waals surface area (Å²) in [5.74, 6) is -2.02. The molecule has 0 radical (unpaired) electrons. The first-order valence-corrected chi connectivity index (χ1v) is 6.61. The van der Waals surface area contributed by atoms with Crippen LogP contribution in [0, 0.1) is 11.6 Å². The highest BCUT2D eigenvalue weighted by Gasteiger charge is 2.15. The molecule has 4 heteroatoms. The lowest BCUT2D eigenvalue weighted by atomic mass is 10.0. The van der Waals surface area contributed by atoms with Crippen LogP contribution in [0.5, 0.6) is 5.75 Å². The Labute approximate surface area is 121 Å². The molecular weight excluding hydrogens is 277 g/mol. The molecule has 0 fully saturated rings. The lowest BCUT2D eigenvalue weighted by Crippen LogP contribution is -1.98. The zero-order chi connectivity index (χ0) is 15.2. The second-order valence-electron chi connectivity index (χ2n) is 4.35. The van der Waals surface area contributed by atoms with Crippen molar-refractivity contribution in [2.45, 2.75) is 6.92 Å². The second-order valence-corrected chi connectivity index (χ2v) is 4.35. The van der Waals surface area contributed by atoms with Crippen molar-refractivity contribution in [1.82, 2.24) is 0 Å². The number of alkyl halides is 1. The molecule has 0 spiro atoms. The number of hydrogen-bond acceptors (Lipinski definition) is 1. The third-order valence-corrected chi connectivity index (χ3v) is 2.97. The van der Waals surface area contributed by atoms with Crippen LogP contribution in [0.1, 0.15) is 12.5 Å². The first-order chi connectivity index (χ1) is 10.2. The van der Waals surface area contributed by atoms with Gasteiger partial charge in [0.15, 0.2) is 11.6 Å². The zero-order valence-corrected chi connectivity index (χ0v) is 11.6. The van der Waals surface area contributed by atoms with Gasteiger partial charge in [-0.2, -0.15) is 4.39 Å². The van der Waals surface area contributed by atoms with E-state index in [1.807, 2.05) is 0 Å². The quantitative estimate of drug-likeness (QED) is 0.752. The molecule has 0 atom stereocenters. The maximum absolute atomic E-state index is 14.1. The van der Waals surface area contributed by atoms with Crippen LogP contribution in [0.4, 0.5) is 13.2 Å². The van der Waals surface area contributed by atoms with Gasteiger partial charge in [-0.15, -0.1) is 0 Å². The molecule has 0 unspecified atom stereocenters. The molecule has 0 aromatic heterocycles. The van der Waals surface area contributed by atoms with Gasteiger partial charge >= 0.3 is 0 Å². The van der Waals surface area contributed by atoms with Crippen LogP contribution >= 0.6 is 0 Å². The third kappa shape index (κ3) is 3.45. The molecule has 21 heavy (non-hydrogen) atoms. The Kier molecular flexibility index (Phi) is 5.04. The Bertz CT molecular complexity index is 633. The fourth-order valence-corrected chi connectivity index (χ4v) is 1.98. The van der Waals surface area contributed by atoms with Gasteiger partial charge < -0.3 is 4.74 Å². The van der Waals surface area contributed by atoms with E-state index in [9.17, 15) is 13.2 Å². The van der Waals surface area contributed by atoms with Crippen molar-refractivity contribution >= 4 is 6.08 Å². The maximum atomic E-state index is 14.1. The van der Waals surface area contributed by atoms with E-state index in [2.05, 4.69) is 0 Å². The molecule has 0 aliphatic heterocycles. The molecule has 2 rings (SSSR count). The molecule has 110 valence electrons. The van der Waals surface area contributed by atoms with E-state index in [0.29, 0.717) is 5.56 Å². The van der Waals surface area contributed by atoms with Gasteiger partial charge in [-0.1, -0.05) is 36.4 Å². The first kappa shape index (κ1) is 15.2. The van der Waals surface area contributed by atoms with E-state index in [1.165, 1.54) is 18.2 Å². The zero-order valence-electron chi connectivity index (χ0n) is 11.6. The van der Waals surface area contributed by atoms with E-state index in [4.69, 9.17) is 4.74 Å². The highest BCUT2D eigenvalue weighted by Crippen LogP contribution is 2.30. The average Bonchev–Trinajstić information content (AvgIpc) is 2.51. The van der Waals surface area contributed by atoms with Gasteiger partial charge in [0, 0.05) is 5.56 Å². The van der Waals surface area contributed by atoms with Crippen LogP contribution in [-0.2, 0) is 0 Å². The Morgan fingerprint density at radius 3 is 2.33 bits per heavy atom. The standard InChI is InChI=1S/C17H15F3O/c1-2-21-15-10-9-14(16(19)17(15)20)13-7-5-12(6-8-13)4-3-11-18/h3-10H,2,11H2,1H3. The van der Waals surface area contributed by atoms with E-state index in [-0.39, 0.29) is 17.9 Å². The largest absolute Gasteiger partial charge is 0.491 e. The van der Waals surface area contributed by atoms with Crippen molar-refractivity contribution in [3.8, 4) is 16.9 Å². The summed E-state index contributed by atoms with van der Waals surface area (Å²) in [6.45, 7) is 1.43. The highest BCUT2D eigenvalue weighted by molar-refractivity contribution is 5.67. The second kappa shape index (κ2) is 6.97. The fraction of sp³-hybridized carbons (Fsp3) is 0.176. The minimum absolute atomic E-state index is 0.0961. The number of allylic oxidation sites excluding steroid dienone is 1. The molecule has 0 aliphatic rings. The van der Waals surface area contributed by atoms with Gasteiger partial charge in [-0.3, -0.25) is 0 Å². The van der Waals surface area contributed by atoms with Crippen molar-refractivity contribution in [1.29, 1.82) is 0 Å². The summed E-state index contributed by atoms with van der Waals surface area (Å²) in [5, 5.41) is 0. The summed E-state index contributed by atoms with van der Waals surface area (Å²) < 4.78 is 44.9. The van der Waals surface area contributed by atoms with Crippen molar-refractivity contribution in [3.63, 3.8) is 0 Å². The van der Waals surface area contributed by atoms with Gasteiger partial charge in [0.25, 0.3) is 0 Å². The predicted octanol–water partition coefficient (Wildman–Crippen LogP) is 5.01. The number of ether oxygens (including phenoxy) is 1. The van der Waals surface area contributed by atoms with Crippen LogP contribution in [0.25, 0.3) is 17.2 Å². The molecule has 0 heterocycles. The van der Waals surface area contributed by atoms with Gasteiger partial charge in [-0.25, -0.2) is 8.78 Å². The Hall–Kier alpha value is -2.23. The number of benzene rings is 2. The van der Waals surface area contributed by atoms with Crippen LogP contribution in [0.3, 0.4) is 0 Å². The number of halogens is 3. The lowest BCUT2D eigenvalue weighted by Gasteiger charge is -2.09. The minimum atomic E-state index is -0.990. The van der Waals surface area contributed by atoms with Crippen molar-refractivity contribution in [2.24, 2.45) is 0 Å². The molecule has 2 aromatic rings. The molecular formula is C17H15F3O. The Morgan fingerprint density at radius 1 is 1.00 bits per heavy atom. The summed E-state index contributed by atoms with van der Waals surface area (Å²) >= 11 is 0. The highest BCUT2D eigenvalue weighted by atomic mass is 19.2. The van der Waals surface area contributed by atoms with Crippen LogP contribution < -0.4 is 4.74 Å². The van der Waals surface area contributed by atoms with Crippen molar-refractivity contribution in [3.05, 3.63) is 59.7 Å². The lowest BCUT2D eigenvalue weighted by molar-refractivity contribution is 0.314. The number of hydrogen-bond donors (Lipinski definition) is 0. The fourth-order valence-electron chi connectivity index (χ4n) is 1.98. The molecule has 0 aliphatic carbocycles. The van der Waals surface area contributed by atoms with Gasteiger partial charge in [-0.05, 0) is 30.2 Å². The molecule has 0 bridgehead atoms. The molecule has 1 nitrogen and oxygen atoms in total. The first-order valence-electron chi connectivity index (χ1n) is 6.61. The Balaban J connectivity index is 2.34. The van der Waals surface area contributed by atoms with Crippen LogP contribution in [-0.4, -0.2) is 13.3 Å². The molecule has 0 N–H and O–H groups in total. The minimum Gasteiger partial charge on any atom is -0.491 e. The van der Waals surface area contributed by atoms with E-state index in [0.717, 1.165) is 5.56 Å². The van der Waals surface area contributed by atoms with Crippen LogP contribution in [0.2, 0.25) is 0 Å². The van der Waals surface area contributed by atoms with Gasteiger partial charge in [0.2, 0.25) is 5.82 Å².